The summed E-state index contributed by atoms with van der Waals surface area (Å²) >= 11 is 0. The summed E-state index contributed by atoms with van der Waals surface area (Å²) in [5.74, 6) is 7.50. The van der Waals surface area contributed by atoms with E-state index in [1.54, 1.807) is 0 Å². The predicted octanol–water partition coefficient (Wildman–Crippen LogP) is 1.68. The van der Waals surface area contributed by atoms with Gasteiger partial charge in [-0.2, -0.15) is 4.79 Å². The maximum Gasteiger partial charge on any atom is 0.153 e. The maximum absolute atomic E-state index is 5.70. The van der Waals surface area contributed by atoms with Gasteiger partial charge in [0, 0.05) is 12.8 Å². The van der Waals surface area contributed by atoms with Gasteiger partial charge in [0.15, 0.2) is 5.82 Å². The lowest BCUT2D eigenvalue weighted by atomic mass is 10.2. The van der Waals surface area contributed by atoms with Crippen molar-refractivity contribution in [2.45, 2.75) is 52.4 Å². The Bertz CT molecular complexity index is 267. The van der Waals surface area contributed by atoms with E-state index in [1.165, 1.54) is 11.2 Å². The van der Waals surface area contributed by atoms with Crippen molar-refractivity contribution in [1.29, 1.82) is 0 Å². The second kappa shape index (κ2) is 5.62. The van der Waals surface area contributed by atoms with Crippen molar-refractivity contribution in [3.63, 3.8) is 0 Å². The van der Waals surface area contributed by atoms with Crippen LogP contribution in [-0.4, -0.2) is 14.9 Å². The number of aryl methyl sites for hydroxylation is 2. The lowest BCUT2D eigenvalue weighted by Gasteiger charge is -1.95. The summed E-state index contributed by atoms with van der Waals surface area (Å²) in [4.78, 5) is 5.84. The number of nitrogen functional groups attached to an aromatic ring is 1. The van der Waals surface area contributed by atoms with Crippen LogP contribution in [0.5, 0.6) is 0 Å². The Labute approximate surface area is 85.5 Å². The van der Waals surface area contributed by atoms with Gasteiger partial charge in [0.05, 0.1) is 0 Å². The van der Waals surface area contributed by atoms with Crippen molar-refractivity contribution in [1.82, 2.24) is 14.9 Å². The van der Waals surface area contributed by atoms with E-state index in [2.05, 4.69) is 23.9 Å². The van der Waals surface area contributed by atoms with E-state index in [9.17, 15) is 0 Å². The van der Waals surface area contributed by atoms with Gasteiger partial charge in [0.1, 0.15) is 5.82 Å². The fourth-order valence-corrected chi connectivity index (χ4v) is 1.35. The molecule has 2 N–H and O–H groups in total. The highest BCUT2D eigenvalue weighted by Gasteiger charge is 2.06. The fourth-order valence-electron chi connectivity index (χ4n) is 1.35. The Morgan fingerprint density at radius 3 is 2.43 bits per heavy atom. The number of hydrogen-bond acceptors (Lipinski definition) is 3. The smallest absolute Gasteiger partial charge is 0.153 e. The molecule has 0 aliphatic heterocycles. The standard InChI is InChI=1S/C10H20N4/c1-3-5-7-9-12-10(8-6-4-2)14(11)13-9/h3-8,11H2,1-2H3. The Morgan fingerprint density at radius 1 is 1.14 bits per heavy atom. The van der Waals surface area contributed by atoms with Crippen LogP contribution in [-0.2, 0) is 12.8 Å². The van der Waals surface area contributed by atoms with E-state index in [0.29, 0.717) is 0 Å². The van der Waals surface area contributed by atoms with Crippen molar-refractivity contribution in [3.05, 3.63) is 11.6 Å². The minimum absolute atomic E-state index is 0.889. The number of unbranched alkanes of at least 4 members (excludes halogenated alkanes) is 2. The van der Waals surface area contributed by atoms with Crippen molar-refractivity contribution < 1.29 is 0 Å². The van der Waals surface area contributed by atoms with Crippen LogP contribution < -0.4 is 5.84 Å². The van der Waals surface area contributed by atoms with Gasteiger partial charge in [-0.25, -0.2) is 4.98 Å². The maximum atomic E-state index is 5.70. The van der Waals surface area contributed by atoms with Crippen molar-refractivity contribution >= 4 is 0 Å². The van der Waals surface area contributed by atoms with Gasteiger partial charge < -0.3 is 5.84 Å². The fraction of sp³-hybridized carbons (Fsp3) is 0.800. The van der Waals surface area contributed by atoms with E-state index >= 15 is 0 Å². The molecule has 0 saturated heterocycles. The first kappa shape index (κ1) is 11.0. The highest BCUT2D eigenvalue weighted by Crippen LogP contribution is 2.04. The van der Waals surface area contributed by atoms with Crippen molar-refractivity contribution in [2.75, 3.05) is 5.84 Å². The van der Waals surface area contributed by atoms with Gasteiger partial charge in [-0.15, -0.1) is 5.10 Å². The van der Waals surface area contributed by atoms with Crippen LogP contribution in [0.4, 0.5) is 0 Å². The molecule has 0 aliphatic carbocycles. The molecule has 0 atom stereocenters. The van der Waals surface area contributed by atoms with Crippen LogP contribution in [0.25, 0.3) is 0 Å². The minimum atomic E-state index is 0.889. The molecule has 1 aromatic heterocycles. The highest BCUT2D eigenvalue weighted by atomic mass is 15.5. The molecule has 1 aromatic rings. The summed E-state index contributed by atoms with van der Waals surface area (Å²) < 4.78 is 0. The number of nitrogens with two attached hydrogens (primary N) is 1. The molecule has 0 unspecified atom stereocenters. The zero-order valence-electron chi connectivity index (χ0n) is 9.16. The predicted molar refractivity (Wildman–Crippen MR) is 57.4 cm³/mol. The Balaban J connectivity index is 2.53. The van der Waals surface area contributed by atoms with Crippen LogP contribution in [0, 0.1) is 0 Å². The Kier molecular flexibility index (Phi) is 4.43. The van der Waals surface area contributed by atoms with Crippen LogP contribution in [0.3, 0.4) is 0 Å². The topological polar surface area (TPSA) is 56.7 Å². The third-order valence-electron chi connectivity index (χ3n) is 2.25. The molecule has 4 nitrogen and oxygen atoms in total. The average molecular weight is 196 g/mol. The first-order valence-electron chi connectivity index (χ1n) is 5.47. The Morgan fingerprint density at radius 2 is 1.79 bits per heavy atom. The molecule has 0 spiro atoms. The van der Waals surface area contributed by atoms with Crippen LogP contribution in [0.1, 0.15) is 51.2 Å². The molecular formula is C10H20N4. The van der Waals surface area contributed by atoms with Gasteiger partial charge in [-0.05, 0) is 12.8 Å². The molecule has 0 saturated carbocycles. The summed E-state index contributed by atoms with van der Waals surface area (Å²) in [5.41, 5.74) is 0. The third kappa shape index (κ3) is 3.01. The van der Waals surface area contributed by atoms with Crippen molar-refractivity contribution in [2.24, 2.45) is 0 Å². The number of rotatable bonds is 6. The van der Waals surface area contributed by atoms with Gasteiger partial charge in [-0.1, -0.05) is 26.7 Å². The molecule has 80 valence electrons. The summed E-state index contributed by atoms with van der Waals surface area (Å²) in [7, 11) is 0. The molecule has 14 heavy (non-hydrogen) atoms. The first-order valence-corrected chi connectivity index (χ1v) is 5.47. The second-order valence-electron chi connectivity index (χ2n) is 3.60. The summed E-state index contributed by atoms with van der Waals surface area (Å²) in [6.07, 6.45) is 6.48. The molecule has 1 heterocycles. The van der Waals surface area contributed by atoms with Gasteiger partial charge in [-0.3, -0.25) is 0 Å². The minimum Gasteiger partial charge on any atom is -0.321 e. The Hall–Kier alpha value is -1.06. The average Bonchev–Trinajstić information content (AvgIpc) is 2.53. The SMILES string of the molecule is CCCCc1nc(CCCC)n(N)n1. The molecule has 0 aliphatic rings. The zero-order chi connectivity index (χ0) is 10.4. The lowest BCUT2D eigenvalue weighted by Crippen LogP contribution is -2.14. The lowest BCUT2D eigenvalue weighted by molar-refractivity contribution is 0.690. The molecular weight excluding hydrogens is 176 g/mol. The summed E-state index contributed by atoms with van der Waals surface area (Å²) in [5, 5.41) is 4.18. The molecule has 0 bridgehead atoms. The van der Waals surface area contributed by atoms with Gasteiger partial charge in [0.2, 0.25) is 0 Å². The van der Waals surface area contributed by atoms with E-state index in [-0.39, 0.29) is 0 Å². The number of hydrogen-bond donors (Lipinski definition) is 1. The molecule has 4 heteroatoms. The quantitative estimate of drug-likeness (QED) is 0.704. The van der Waals surface area contributed by atoms with E-state index in [1.807, 2.05) is 0 Å². The van der Waals surface area contributed by atoms with E-state index in [4.69, 9.17) is 5.84 Å². The summed E-state index contributed by atoms with van der Waals surface area (Å²) in [6, 6.07) is 0. The molecule has 1 rings (SSSR count). The summed E-state index contributed by atoms with van der Waals surface area (Å²) in [6.45, 7) is 4.33. The van der Waals surface area contributed by atoms with E-state index in [0.717, 1.165) is 43.8 Å². The van der Waals surface area contributed by atoms with Crippen molar-refractivity contribution in [3.8, 4) is 0 Å². The van der Waals surface area contributed by atoms with Crippen LogP contribution in [0.2, 0.25) is 0 Å². The third-order valence-corrected chi connectivity index (χ3v) is 2.25. The monoisotopic (exact) mass is 196 g/mol. The van der Waals surface area contributed by atoms with Crippen LogP contribution in [0.15, 0.2) is 0 Å². The molecule has 0 radical (unpaired) electrons. The largest absolute Gasteiger partial charge is 0.321 e. The second-order valence-corrected chi connectivity index (χ2v) is 3.60. The van der Waals surface area contributed by atoms with Gasteiger partial charge in [0.25, 0.3) is 0 Å². The normalized spacial score (nSPS) is 10.7. The number of aromatic nitrogens is 3. The zero-order valence-corrected chi connectivity index (χ0v) is 9.16. The van der Waals surface area contributed by atoms with Crippen LogP contribution >= 0.6 is 0 Å². The molecule has 0 amide bonds. The van der Waals surface area contributed by atoms with Gasteiger partial charge >= 0.3 is 0 Å². The highest BCUT2D eigenvalue weighted by molar-refractivity contribution is 4.93. The first-order chi connectivity index (χ1) is 6.77. The number of nitrogens with zero attached hydrogens (tertiary/aromatic N) is 3. The molecule has 0 aromatic carbocycles. The van der Waals surface area contributed by atoms with E-state index < -0.39 is 0 Å². The molecule has 0 fully saturated rings.